The van der Waals surface area contributed by atoms with Gasteiger partial charge in [-0.1, -0.05) is 19.1 Å². The average molecular weight is 257 g/mol. The summed E-state index contributed by atoms with van der Waals surface area (Å²) in [5.74, 6) is 0.910. The van der Waals surface area contributed by atoms with Crippen LogP contribution in [0.3, 0.4) is 0 Å². The first-order valence-corrected chi connectivity index (χ1v) is 6.41. The molecule has 0 aliphatic heterocycles. The first kappa shape index (κ1) is 13.3. The van der Waals surface area contributed by atoms with Crippen LogP contribution in [-0.4, -0.2) is 12.2 Å². The van der Waals surface area contributed by atoms with Gasteiger partial charge in [0.1, 0.15) is 11.5 Å². The number of benzene rings is 2. The zero-order valence-electron chi connectivity index (χ0n) is 11.3. The second kappa shape index (κ2) is 6.14. The largest absolute Gasteiger partial charge is 0.507 e. The monoisotopic (exact) mass is 257 g/mol. The summed E-state index contributed by atoms with van der Waals surface area (Å²) < 4.78 is 5.06. The molecule has 2 aromatic rings. The van der Waals surface area contributed by atoms with Gasteiger partial charge in [-0.15, -0.1) is 0 Å². The van der Waals surface area contributed by atoms with E-state index in [2.05, 4.69) is 24.4 Å². The smallest absolute Gasteiger partial charge is 0.124 e. The molecule has 0 atom stereocenters. The van der Waals surface area contributed by atoms with Gasteiger partial charge < -0.3 is 15.2 Å². The lowest BCUT2D eigenvalue weighted by molar-refractivity contribution is 0.406. The second-order valence-corrected chi connectivity index (χ2v) is 4.40. The van der Waals surface area contributed by atoms with Crippen LogP contribution in [0.2, 0.25) is 0 Å². The van der Waals surface area contributed by atoms with E-state index in [1.54, 1.807) is 13.2 Å². The molecule has 0 aliphatic rings. The Hall–Kier alpha value is -2.16. The van der Waals surface area contributed by atoms with Gasteiger partial charge in [0.05, 0.1) is 7.11 Å². The minimum Gasteiger partial charge on any atom is -0.507 e. The topological polar surface area (TPSA) is 41.5 Å². The van der Waals surface area contributed by atoms with Crippen molar-refractivity contribution in [2.24, 2.45) is 0 Å². The molecule has 2 N–H and O–H groups in total. The minimum absolute atomic E-state index is 0.249. The quantitative estimate of drug-likeness (QED) is 0.860. The van der Waals surface area contributed by atoms with E-state index in [4.69, 9.17) is 4.74 Å². The number of ether oxygens (including phenoxy) is 1. The zero-order valence-corrected chi connectivity index (χ0v) is 11.3. The van der Waals surface area contributed by atoms with Gasteiger partial charge >= 0.3 is 0 Å². The number of aryl methyl sites for hydroxylation is 1. The van der Waals surface area contributed by atoms with Crippen molar-refractivity contribution >= 4 is 5.69 Å². The van der Waals surface area contributed by atoms with E-state index >= 15 is 0 Å². The fourth-order valence-corrected chi connectivity index (χ4v) is 1.92. The standard InChI is InChI=1S/C16H19NO2/c1-3-12-5-4-6-14(9-12)17-11-13-7-8-15(19-2)10-16(13)18/h4-10,17-18H,3,11H2,1-2H3. The molecule has 0 radical (unpaired) electrons. The summed E-state index contributed by atoms with van der Waals surface area (Å²) in [6.07, 6.45) is 1.02. The molecule has 19 heavy (non-hydrogen) atoms. The number of nitrogens with one attached hydrogen (secondary N) is 1. The van der Waals surface area contributed by atoms with Gasteiger partial charge in [-0.2, -0.15) is 0 Å². The van der Waals surface area contributed by atoms with E-state index in [0.29, 0.717) is 12.3 Å². The summed E-state index contributed by atoms with van der Waals surface area (Å²) in [4.78, 5) is 0. The van der Waals surface area contributed by atoms with Crippen LogP contribution < -0.4 is 10.1 Å². The Morgan fingerprint density at radius 1 is 1.16 bits per heavy atom. The van der Waals surface area contributed by atoms with Crippen LogP contribution in [0.15, 0.2) is 42.5 Å². The Labute approximate surface area is 113 Å². The van der Waals surface area contributed by atoms with E-state index in [1.807, 2.05) is 24.3 Å². The number of methoxy groups -OCH3 is 1. The normalized spacial score (nSPS) is 10.2. The van der Waals surface area contributed by atoms with Crippen molar-refractivity contribution in [2.75, 3.05) is 12.4 Å². The highest BCUT2D eigenvalue weighted by Crippen LogP contribution is 2.24. The average Bonchev–Trinajstić information content (AvgIpc) is 2.46. The lowest BCUT2D eigenvalue weighted by Gasteiger charge is -2.10. The third-order valence-electron chi connectivity index (χ3n) is 3.11. The summed E-state index contributed by atoms with van der Waals surface area (Å²) in [6.45, 7) is 2.72. The van der Waals surface area contributed by atoms with E-state index in [1.165, 1.54) is 5.56 Å². The first-order chi connectivity index (χ1) is 9.22. The van der Waals surface area contributed by atoms with Gasteiger partial charge in [-0.05, 0) is 36.2 Å². The maximum Gasteiger partial charge on any atom is 0.124 e. The molecule has 2 rings (SSSR count). The van der Waals surface area contributed by atoms with E-state index < -0.39 is 0 Å². The lowest BCUT2D eigenvalue weighted by Crippen LogP contribution is -2.00. The Kier molecular flexibility index (Phi) is 4.29. The van der Waals surface area contributed by atoms with E-state index in [0.717, 1.165) is 17.7 Å². The maximum absolute atomic E-state index is 9.88. The predicted molar refractivity (Wildman–Crippen MR) is 77.8 cm³/mol. The van der Waals surface area contributed by atoms with Crippen LogP contribution in [0.25, 0.3) is 0 Å². The van der Waals surface area contributed by atoms with Crippen molar-refractivity contribution in [3.05, 3.63) is 53.6 Å². The molecular weight excluding hydrogens is 238 g/mol. The van der Waals surface area contributed by atoms with Crippen LogP contribution in [-0.2, 0) is 13.0 Å². The number of rotatable bonds is 5. The first-order valence-electron chi connectivity index (χ1n) is 6.41. The van der Waals surface area contributed by atoms with Gasteiger partial charge in [0, 0.05) is 23.9 Å². The van der Waals surface area contributed by atoms with Crippen LogP contribution in [0.5, 0.6) is 11.5 Å². The third-order valence-corrected chi connectivity index (χ3v) is 3.11. The Morgan fingerprint density at radius 2 is 2.00 bits per heavy atom. The number of hydrogen-bond acceptors (Lipinski definition) is 3. The molecule has 0 spiro atoms. The third kappa shape index (κ3) is 3.41. The summed E-state index contributed by atoms with van der Waals surface area (Å²) in [6, 6.07) is 13.6. The zero-order chi connectivity index (χ0) is 13.7. The fraction of sp³-hybridized carbons (Fsp3) is 0.250. The van der Waals surface area contributed by atoms with Gasteiger partial charge in [0.2, 0.25) is 0 Å². The predicted octanol–water partition coefficient (Wildman–Crippen LogP) is 3.58. The van der Waals surface area contributed by atoms with Crippen molar-refractivity contribution < 1.29 is 9.84 Å². The Balaban J connectivity index is 2.05. The van der Waals surface area contributed by atoms with Gasteiger partial charge in [-0.25, -0.2) is 0 Å². The van der Waals surface area contributed by atoms with Gasteiger partial charge in [-0.3, -0.25) is 0 Å². The van der Waals surface area contributed by atoms with Crippen LogP contribution in [0.1, 0.15) is 18.1 Å². The molecule has 0 saturated carbocycles. The number of aromatic hydroxyl groups is 1. The van der Waals surface area contributed by atoms with E-state index in [-0.39, 0.29) is 5.75 Å². The number of phenols is 1. The van der Waals surface area contributed by atoms with Crippen molar-refractivity contribution in [3.63, 3.8) is 0 Å². The molecular formula is C16H19NO2. The summed E-state index contributed by atoms with van der Waals surface area (Å²) in [5, 5.41) is 13.2. The highest BCUT2D eigenvalue weighted by atomic mass is 16.5. The molecule has 3 heteroatoms. The van der Waals surface area contributed by atoms with Crippen LogP contribution in [0.4, 0.5) is 5.69 Å². The molecule has 0 saturated heterocycles. The summed E-state index contributed by atoms with van der Waals surface area (Å²) in [7, 11) is 1.59. The van der Waals surface area contributed by atoms with Crippen molar-refractivity contribution in [1.29, 1.82) is 0 Å². The highest BCUT2D eigenvalue weighted by molar-refractivity contribution is 5.48. The maximum atomic E-state index is 9.88. The van der Waals surface area contributed by atoms with Crippen LogP contribution >= 0.6 is 0 Å². The molecule has 0 aliphatic carbocycles. The minimum atomic E-state index is 0.249. The molecule has 0 bridgehead atoms. The summed E-state index contributed by atoms with van der Waals surface area (Å²) in [5.41, 5.74) is 3.21. The van der Waals surface area contributed by atoms with Crippen molar-refractivity contribution in [3.8, 4) is 11.5 Å². The fourth-order valence-electron chi connectivity index (χ4n) is 1.92. The number of hydrogen-bond donors (Lipinski definition) is 2. The molecule has 0 aromatic heterocycles. The molecule has 0 unspecified atom stereocenters. The second-order valence-electron chi connectivity index (χ2n) is 4.40. The number of anilines is 1. The van der Waals surface area contributed by atoms with Gasteiger partial charge in [0.15, 0.2) is 0 Å². The molecule has 0 fully saturated rings. The van der Waals surface area contributed by atoms with Crippen LogP contribution in [0, 0.1) is 0 Å². The molecule has 100 valence electrons. The highest BCUT2D eigenvalue weighted by Gasteiger charge is 2.03. The molecule has 3 nitrogen and oxygen atoms in total. The van der Waals surface area contributed by atoms with Gasteiger partial charge in [0.25, 0.3) is 0 Å². The Morgan fingerprint density at radius 3 is 2.68 bits per heavy atom. The number of phenolic OH excluding ortho intramolecular Hbond substituents is 1. The van der Waals surface area contributed by atoms with Crippen molar-refractivity contribution in [2.45, 2.75) is 19.9 Å². The summed E-state index contributed by atoms with van der Waals surface area (Å²) >= 11 is 0. The molecule has 2 aromatic carbocycles. The molecule has 0 heterocycles. The molecule has 0 amide bonds. The van der Waals surface area contributed by atoms with Crippen molar-refractivity contribution in [1.82, 2.24) is 0 Å². The SMILES string of the molecule is CCc1cccc(NCc2ccc(OC)cc2O)c1. The lowest BCUT2D eigenvalue weighted by atomic mass is 10.1. The Bertz CT molecular complexity index is 552. The van der Waals surface area contributed by atoms with E-state index in [9.17, 15) is 5.11 Å².